The topological polar surface area (TPSA) is 257 Å². The summed E-state index contributed by atoms with van der Waals surface area (Å²) >= 11 is 0. The molecule has 51 heavy (non-hydrogen) atoms. The molecule has 0 radical (unpaired) electrons. The molecule has 0 fully saturated rings. The number of carbonyl (C=O) groups is 3. The summed E-state index contributed by atoms with van der Waals surface area (Å²) in [7, 11) is -9.96. The van der Waals surface area contributed by atoms with Crippen molar-refractivity contribution in [3.05, 3.63) is 71.8 Å². The van der Waals surface area contributed by atoms with E-state index in [1.807, 2.05) is 60.7 Å². The van der Waals surface area contributed by atoms with Crippen LogP contribution in [-0.4, -0.2) is 102 Å². The van der Waals surface area contributed by atoms with Crippen LogP contribution in [0.15, 0.2) is 60.7 Å². The van der Waals surface area contributed by atoms with Crippen LogP contribution in [0.4, 0.5) is 0 Å². The van der Waals surface area contributed by atoms with Crippen LogP contribution in [0.5, 0.6) is 0 Å². The highest BCUT2D eigenvalue weighted by molar-refractivity contribution is 7.47. The van der Waals surface area contributed by atoms with Crippen molar-refractivity contribution < 1.29 is 75.8 Å². The molecule has 5 atom stereocenters. The van der Waals surface area contributed by atoms with Gasteiger partial charge in [-0.1, -0.05) is 60.7 Å². The number of phosphoric acid groups is 2. The van der Waals surface area contributed by atoms with E-state index >= 15 is 0 Å². The molecule has 19 heteroatoms. The van der Waals surface area contributed by atoms with Gasteiger partial charge in [-0.2, -0.15) is 0 Å². The molecular formula is C32H47NO16P2. The predicted molar refractivity (Wildman–Crippen MR) is 180 cm³/mol. The van der Waals surface area contributed by atoms with Crippen LogP contribution >= 0.6 is 15.6 Å². The maximum Gasteiger partial charge on any atom is 0.472 e. The first-order chi connectivity index (χ1) is 24.2. The molecule has 0 aliphatic carbocycles. The maximum atomic E-state index is 13.0. The zero-order chi connectivity index (χ0) is 37.7. The van der Waals surface area contributed by atoms with Crippen molar-refractivity contribution >= 4 is 33.6 Å². The Bertz CT molecular complexity index is 1350. The molecule has 0 spiro atoms. The van der Waals surface area contributed by atoms with E-state index in [4.69, 9.17) is 38.6 Å². The van der Waals surface area contributed by atoms with Crippen molar-refractivity contribution in [2.24, 2.45) is 5.73 Å². The van der Waals surface area contributed by atoms with Crippen LogP contribution < -0.4 is 5.73 Å². The van der Waals surface area contributed by atoms with Gasteiger partial charge in [0, 0.05) is 12.8 Å². The lowest BCUT2D eigenvalue weighted by Crippen LogP contribution is -2.36. The average molecular weight is 764 g/mol. The quantitative estimate of drug-likeness (QED) is 0.0523. The number of aliphatic hydroxyl groups is 2. The molecule has 0 aliphatic heterocycles. The molecule has 0 aromatic heterocycles. The molecule has 17 nitrogen and oxygen atoms in total. The number of benzene rings is 2. The van der Waals surface area contributed by atoms with E-state index < -0.39 is 97.5 Å². The van der Waals surface area contributed by atoms with Gasteiger partial charge in [0.2, 0.25) is 0 Å². The third-order valence-corrected chi connectivity index (χ3v) is 8.65. The van der Waals surface area contributed by atoms with Crippen LogP contribution in [0.1, 0.15) is 43.7 Å². The number of hydrogen-bond acceptors (Lipinski definition) is 15. The summed E-state index contributed by atoms with van der Waals surface area (Å²) in [6, 6.07) is 17.7. The van der Waals surface area contributed by atoms with E-state index in [1.54, 1.807) is 0 Å². The van der Waals surface area contributed by atoms with Gasteiger partial charge in [-0.05, 0) is 43.7 Å². The second kappa shape index (κ2) is 23.5. The molecular weight excluding hydrogens is 716 g/mol. The van der Waals surface area contributed by atoms with Crippen molar-refractivity contribution in [1.82, 2.24) is 0 Å². The number of nitrogens with two attached hydrogens (primary N) is 1. The minimum atomic E-state index is -5.09. The van der Waals surface area contributed by atoms with Gasteiger partial charge in [-0.15, -0.1) is 0 Å². The summed E-state index contributed by atoms with van der Waals surface area (Å²) in [5.41, 5.74) is 7.54. The minimum Gasteiger partial charge on any atom is -0.463 e. The molecule has 4 unspecified atom stereocenters. The highest BCUT2D eigenvalue weighted by Gasteiger charge is 2.33. The SMILES string of the molecule is C[C@H](N)C(=O)OC(COP(=O)(O)OCC(O)CO)COP(=O)(O)OC(COC(=O)CCCc1ccccc1)COC(=O)CCCc1ccccc1. The molecule has 0 aliphatic rings. The largest absolute Gasteiger partial charge is 0.472 e. The summed E-state index contributed by atoms with van der Waals surface area (Å²) in [6.45, 7) is -3.30. The number of phosphoric ester groups is 2. The van der Waals surface area contributed by atoms with E-state index in [2.05, 4.69) is 4.52 Å². The Labute approximate surface area is 296 Å². The zero-order valence-corrected chi connectivity index (χ0v) is 30.0. The van der Waals surface area contributed by atoms with Crippen molar-refractivity contribution in [3.8, 4) is 0 Å². The van der Waals surface area contributed by atoms with Gasteiger partial charge in [0.05, 0.1) is 26.4 Å². The Balaban J connectivity index is 2.01. The number of aryl methyl sites for hydroxylation is 2. The van der Waals surface area contributed by atoms with Gasteiger partial charge in [-0.25, -0.2) is 9.13 Å². The molecule has 0 saturated heterocycles. The molecule has 286 valence electrons. The van der Waals surface area contributed by atoms with E-state index in [1.165, 1.54) is 6.92 Å². The smallest absolute Gasteiger partial charge is 0.463 e. The van der Waals surface area contributed by atoms with E-state index in [9.17, 15) is 38.4 Å². The summed E-state index contributed by atoms with van der Waals surface area (Å²) in [4.78, 5) is 57.3. The third kappa shape index (κ3) is 20.5. The highest BCUT2D eigenvalue weighted by Crippen LogP contribution is 2.46. The lowest BCUT2D eigenvalue weighted by Gasteiger charge is -2.24. The van der Waals surface area contributed by atoms with Gasteiger partial charge in [0.15, 0.2) is 0 Å². The van der Waals surface area contributed by atoms with Crippen LogP contribution in [0.25, 0.3) is 0 Å². The van der Waals surface area contributed by atoms with Crippen molar-refractivity contribution in [2.75, 3.05) is 39.6 Å². The van der Waals surface area contributed by atoms with Crippen LogP contribution in [0, 0.1) is 0 Å². The first-order valence-electron chi connectivity index (χ1n) is 16.1. The van der Waals surface area contributed by atoms with Crippen LogP contribution in [0.2, 0.25) is 0 Å². The van der Waals surface area contributed by atoms with E-state index in [-0.39, 0.29) is 12.8 Å². The molecule has 6 N–H and O–H groups in total. The lowest BCUT2D eigenvalue weighted by atomic mass is 10.1. The number of aliphatic hydroxyl groups excluding tert-OH is 2. The molecule has 0 saturated carbocycles. The fraction of sp³-hybridized carbons (Fsp3) is 0.531. The molecule has 2 rings (SSSR count). The maximum absolute atomic E-state index is 13.0. The average Bonchev–Trinajstić information content (AvgIpc) is 3.10. The molecule has 0 bridgehead atoms. The van der Waals surface area contributed by atoms with Gasteiger partial charge in [0.1, 0.15) is 37.6 Å². The first-order valence-corrected chi connectivity index (χ1v) is 19.1. The fourth-order valence-corrected chi connectivity index (χ4v) is 5.72. The Morgan fingerprint density at radius 2 is 1.16 bits per heavy atom. The van der Waals surface area contributed by atoms with Crippen LogP contribution in [-0.2, 0) is 68.7 Å². The summed E-state index contributed by atoms with van der Waals surface area (Å²) < 4.78 is 60.0. The Morgan fingerprint density at radius 1 is 0.706 bits per heavy atom. The van der Waals surface area contributed by atoms with Crippen LogP contribution in [0.3, 0.4) is 0 Å². The summed E-state index contributed by atoms with van der Waals surface area (Å²) in [5.74, 6) is -2.30. The molecule has 0 amide bonds. The summed E-state index contributed by atoms with van der Waals surface area (Å²) in [6.07, 6.45) is -2.38. The standard InChI is InChI=1S/C32H47NO16P2/c1-24(33)32(38)48-28(22-46-50(39,40)45-19-27(35)18-34)23-47-51(41,42)49-29(20-43-30(36)16-8-14-25-10-4-2-5-11-25)21-44-31(37)17-9-15-26-12-6-3-7-13-26/h2-7,10-13,24,27-29,34-35H,8-9,14-23,33H2,1H3,(H,39,40)(H,41,42)/t24-,27?,28?/m0/s1. The third-order valence-electron chi connectivity index (χ3n) is 6.66. The van der Waals surface area contributed by atoms with Gasteiger partial charge >= 0.3 is 33.6 Å². The second-order valence-electron chi connectivity index (χ2n) is 11.3. The normalized spacial score (nSPS) is 15.6. The first kappa shape index (κ1) is 44.1. The molecule has 0 heterocycles. The number of esters is 3. The molecule has 2 aromatic rings. The van der Waals surface area contributed by atoms with E-state index in [0.29, 0.717) is 25.7 Å². The minimum absolute atomic E-state index is 0.0260. The monoisotopic (exact) mass is 763 g/mol. The number of rotatable bonds is 26. The number of ether oxygens (including phenoxy) is 3. The Morgan fingerprint density at radius 3 is 1.61 bits per heavy atom. The van der Waals surface area contributed by atoms with Gasteiger partial charge in [-0.3, -0.25) is 32.5 Å². The van der Waals surface area contributed by atoms with Crippen molar-refractivity contribution in [3.63, 3.8) is 0 Å². The number of hydrogen-bond donors (Lipinski definition) is 5. The zero-order valence-electron chi connectivity index (χ0n) is 28.2. The van der Waals surface area contributed by atoms with Gasteiger partial charge in [0.25, 0.3) is 0 Å². The molecule has 2 aromatic carbocycles. The predicted octanol–water partition coefficient (Wildman–Crippen LogP) is 2.37. The van der Waals surface area contributed by atoms with E-state index in [0.717, 1.165) is 11.1 Å². The number of carbonyl (C=O) groups excluding carboxylic acids is 3. The van der Waals surface area contributed by atoms with Crippen molar-refractivity contribution in [2.45, 2.75) is 69.8 Å². The summed E-state index contributed by atoms with van der Waals surface area (Å²) in [5, 5.41) is 18.2. The Hall–Kier alpha value is -3.05. The van der Waals surface area contributed by atoms with Crippen molar-refractivity contribution in [1.29, 1.82) is 0 Å². The highest BCUT2D eigenvalue weighted by atomic mass is 31.2. The Kier molecular flexibility index (Phi) is 20.3. The lowest BCUT2D eigenvalue weighted by molar-refractivity contribution is -0.154. The van der Waals surface area contributed by atoms with Gasteiger partial charge < -0.3 is 39.9 Å². The fourth-order valence-electron chi connectivity index (χ4n) is 4.02. The second-order valence-corrected chi connectivity index (χ2v) is 14.1.